The lowest BCUT2D eigenvalue weighted by Crippen LogP contribution is -2.40. The number of ether oxygens (including phenoxy) is 1. The van der Waals surface area contributed by atoms with E-state index >= 15 is 0 Å². The number of rotatable bonds is 6. The van der Waals surface area contributed by atoms with Crippen molar-refractivity contribution in [2.75, 3.05) is 6.54 Å². The van der Waals surface area contributed by atoms with Crippen LogP contribution in [0, 0.1) is 0 Å². The number of carbonyl (C=O) groups excluding carboxylic acids is 1. The van der Waals surface area contributed by atoms with E-state index in [0.29, 0.717) is 5.76 Å². The molecule has 0 amide bonds. The molecular weight excluding hydrogens is 286 g/mol. The molecule has 3 heteroatoms. The van der Waals surface area contributed by atoms with Gasteiger partial charge in [0.25, 0.3) is 0 Å². The summed E-state index contributed by atoms with van der Waals surface area (Å²) in [7, 11) is 0. The number of nitrogens with zero attached hydrogens (tertiary/aromatic N) is 1. The molecular formula is C20H25NO2. The van der Waals surface area contributed by atoms with Crippen LogP contribution in [0.25, 0.3) is 0 Å². The monoisotopic (exact) mass is 311 g/mol. The zero-order chi connectivity index (χ0) is 16.5. The third-order valence-electron chi connectivity index (χ3n) is 3.98. The number of hydrogen-bond donors (Lipinski definition) is 0. The van der Waals surface area contributed by atoms with Crippen molar-refractivity contribution in [3.05, 3.63) is 72.5 Å². The van der Waals surface area contributed by atoms with Crippen LogP contribution in [0.4, 0.5) is 0 Å². The Morgan fingerprint density at radius 1 is 1.30 bits per heavy atom. The molecule has 0 aromatic heterocycles. The van der Waals surface area contributed by atoms with Crippen LogP contribution in [0.1, 0.15) is 31.7 Å². The molecule has 0 radical (unpaired) electrons. The lowest BCUT2D eigenvalue weighted by atomic mass is 10.00. The molecule has 0 N–H and O–H groups in total. The van der Waals surface area contributed by atoms with Gasteiger partial charge in [-0.25, -0.2) is 4.79 Å². The van der Waals surface area contributed by atoms with Crippen molar-refractivity contribution < 1.29 is 9.53 Å². The van der Waals surface area contributed by atoms with Crippen LogP contribution < -0.4 is 0 Å². The predicted molar refractivity (Wildman–Crippen MR) is 93.7 cm³/mol. The Kier molecular flexibility index (Phi) is 6.82. The van der Waals surface area contributed by atoms with Crippen LogP contribution >= 0.6 is 0 Å². The van der Waals surface area contributed by atoms with E-state index in [1.54, 1.807) is 12.2 Å². The van der Waals surface area contributed by atoms with Crippen LogP contribution in [0.15, 0.2) is 67.0 Å². The Balaban J connectivity index is 1.97. The summed E-state index contributed by atoms with van der Waals surface area (Å²) in [5, 5.41) is 0. The van der Waals surface area contributed by atoms with E-state index in [2.05, 4.69) is 35.7 Å². The summed E-state index contributed by atoms with van der Waals surface area (Å²) in [6, 6.07) is 10.5. The summed E-state index contributed by atoms with van der Waals surface area (Å²) in [4.78, 5) is 14.2. The van der Waals surface area contributed by atoms with Crippen LogP contribution in [-0.4, -0.2) is 23.5 Å². The summed E-state index contributed by atoms with van der Waals surface area (Å²) in [6.45, 7) is 7.76. The maximum atomic E-state index is 11.8. The molecule has 0 spiro atoms. The van der Waals surface area contributed by atoms with Gasteiger partial charge in [-0.15, -0.1) is 0 Å². The van der Waals surface area contributed by atoms with Crippen LogP contribution in [0.3, 0.4) is 0 Å². The van der Waals surface area contributed by atoms with E-state index in [9.17, 15) is 4.79 Å². The second-order valence-electron chi connectivity index (χ2n) is 5.74. The van der Waals surface area contributed by atoms with Gasteiger partial charge in [0.05, 0.1) is 6.04 Å². The van der Waals surface area contributed by atoms with Gasteiger partial charge >= 0.3 is 5.97 Å². The van der Waals surface area contributed by atoms with E-state index in [1.165, 1.54) is 18.1 Å². The minimum atomic E-state index is -0.363. The fourth-order valence-corrected chi connectivity index (χ4v) is 2.84. The Hall–Kier alpha value is -2.13. The van der Waals surface area contributed by atoms with Gasteiger partial charge < -0.3 is 4.74 Å². The number of likely N-dealkylation sites (tertiary alicyclic amines) is 1. The molecule has 1 fully saturated rings. The standard InChI is InChI=1S/C20H25NO2/c1-3-4-6-14-20(22)23-17(2)19-13-9-10-15-21(19)16-18-11-7-5-8-12-18/h3-8,11-12,14,19H,2,9-10,13,15-16H2,1H3/b4-3+,14-6+. The molecule has 23 heavy (non-hydrogen) atoms. The molecule has 2 rings (SSSR count). The molecule has 1 aromatic rings. The predicted octanol–water partition coefficient (Wildman–Crippen LogP) is 4.23. The van der Waals surface area contributed by atoms with Crippen LogP contribution in [0.5, 0.6) is 0 Å². The highest BCUT2D eigenvalue weighted by Gasteiger charge is 2.26. The molecule has 1 unspecified atom stereocenters. The van der Waals surface area contributed by atoms with Crippen LogP contribution in [-0.2, 0) is 16.1 Å². The maximum absolute atomic E-state index is 11.8. The average Bonchev–Trinajstić information content (AvgIpc) is 2.56. The third kappa shape index (κ3) is 5.53. The van der Waals surface area contributed by atoms with Crippen molar-refractivity contribution >= 4 is 5.97 Å². The number of benzene rings is 1. The second-order valence-corrected chi connectivity index (χ2v) is 5.74. The zero-order valence-corrected chi connectivity index (χ0v) is 13.8. The third-order valence-corrected chi connectivity index (χ3v) is 3.98. The smallest absolute Gasteiger partial charge is 0.335 e. The van der Waals surface area contributed by atoms with Gasteiger partial charge in [-0.05, 0) is 31.9 Å². The minimum absolute atomic E-state index is 0.100. The number of allylic oxidation sites excluding steroid dienone is 3. The number of carbonyl (C=O) groups is 1. The zero-order valence-electron chi connectivity index (χ0n) is 13.8. The van der Waals surface area contributed by atoms with Gasteiger partial charge in [-0.1, -0.05) is 61.6 Å². The average molecular weight is 311 g/mol. The van der Waals surface area contributed by atoms with Gasteiger partial charge in [-0.3, -0.25) is 4.90 Å². The van der Waals surface area contributed by atoms with Gasteiger partial charge in [0.1, 0.15) is 5.76 Å². The molecule has 1 heterocycles. The van der Waals surface area contributed by atoms with E-state index in [-0.39, 0.29) is 12.0 Å². The van der Waals surface area contributed by atoms with Crippen molar-refractivity contribution in [2.45, 2.75) is 38.8 Å². The molecule has 1 saturated heterocycles. The van der Waals surface area contributed by atoms with E-state index < -0.39 is 0 Å². The summed E-state index contributed by atoms with van der Waals surface area (Å²) in [6.07, 6.45) is 10.1. The summed E-state index contributed by atoms with van der Waals surface area (Å²) >= 11 is 0. The first kappa shape index (κ1) is 17.2. The largest absolute Gasteiger partial charge is 0.427 e. The minimum Gasteiger partial charge on any atom is -0.427 e. The van der Waals surface area contributed by atoms with Crippen molar-refractivity contribution in [1.82, 2.24) is 4.90 Å². The molecule has 1 aliphatic heterocycles. The van der Waals surface area contributed by atoms with E-state index in [1.807, 2.05) is 19.1 Å². The van der Waals surface area contributed by atoms with Gasteiger partial charge in [0, 0.05) is 12.6 Å². The molecule has 1 aromatic carbocycles. The first-order valence-corrected chi connectivity index (χ1v) is 8.18. The van der Waals surface area contributed by atoms with Gasteiger partial charge in [0.2, 0.25) is 0 Å². The van der Waals surface area contributed by atoms with Gasteiger partial charge in [-0.2, -0.15) is 0 Å². The second kappa shape index (κ2) is 9.11. The highest BCUT2D eigenvalue weighted by Crippen LogP contribution is 2.25. The lowest BCUT2D eigenvalue weighted by molar-refractivity contribution is -0.135. The molecule has 1 atom stereocenters. The fraction of sp³-hybridized carbons (Fsp3) is 0.350. The number of esters is 1. The molecule has 3 nitrogen and oxygen atoms in total. The maximum Gasteiger partial charge on any atom is 0.335 e. The van der Waals surface area contributed by atoms with Crippen molar-refractivity contribution in [2.24, 2.45) is 0 Å². The molecule has 0 aliphatic carbocycles. The molecule has 0 saturated carbocycles. The number of hydrogen-bond acceptors (Lipinski definition) is 3. The highest BCUT2D eigenvalue weighted by molar-refractivity contribution is 5.83. The lowest BCUT2D eigenvalue weighted by Gasteiger charge is -2.36. The van der Waals surface area contributed by atoms with Crippen molar-refractivity contribution in [3.63, 3.8) is 0 Å². The SMILES string of the molecule is C=C(OC(=O)/C=C/C=C/C)C1CCCCN1Cc1ccccc1. The normalized spacial score (nSPS) is 19.3. The summed E-state index contributed by atoms with van der Waals surface area (Å²) < 4.78 is 5.41. The summed E-state index contributed by atoms with van der Waals surface area (Å²) in [5.74, 6) is 0.189. The Morgan fingerprint density at radius 3 is 2.83 bits per heavy atom. The highest BCUT2D eigenvalue weighted by atomic mass is 16.5. The number of piperidine rings is 1. The molecule has 0 bridgehead atoms. The first-order chi connectivity index (χ1) is 11.2. The van der Waals surface area contributed by atoms with Gasteiger partial charge in [0.15, 0.2) is 0 Å². The quantitative estimate of drug-likeness (QED) is 0.341. The van der Waals surface area contributed by atoms with E-state index in [4.69, 9.17) is 4.74 Å². The summed E-state index contributed by atoms with van der Waals surface area (Å²) in [5.41, 5.74) is 1.27. The molecule has 122 valence electrons. The van der Waals surface area contributed by atoms with Crippen molar-refractivity contribution in [1.29, 1.82) is 0 Å². The van der Waals surface area contributed by atoms with Crippen LogP contribution in [0.2, 0.25) is 0 Å². The Bertz CT molecular complexity index is 575. The van der Waals surface area contributed by atoms with E-state index in [0.717, 1.165) is 25.9 Å². The Labute approximate surface area is 139 Å². The fourth-order valence-electron chi connectivity index (χ4n) is 2.84. The molecule has 1 aliphatic rings. The Morgan fingerprint density at radius 2 is 2.09 bits per heavy atom. The topological polar surface area (TPSA) is 29.5 Å². The first-order valence-electron chi connectivity index (χ1n) is 8.18. The van der Waals surface area contributed by atoms with Crippen molar-refractivity contribution in [3.8, 4) is 0 Å².